The molecule has 0 aromatic heterocycles. The van der Waals surface area contributed by atoms with Gasteiger partial charge in [-0.2, -0.15) is 0 Å². The lowest BCUT2D eigenvalue weighted by Crippen LogP contribution is -2.19. The molecule has 0 nitrogen and oxygen atoms in total. The van der Waals surface area contributed by atoms with Crippen LogP contribution in [-0.4, -0.2) is 19.0 Å². The van der Waals surface area contributed by atoms with E-state index in [1.807, 2.05) is 24.3 Å². The Bertz CT molecular complexity index is 968. The predicted molar refractivity (Wildman–Crippen MR) is 126 cm³/mol. The molecule has 0 radical (unpaired) electrons. The van der Waals surface area contributed by atoms with Gasteiger partial charge in [0.15, 0.2) is 0 Å². The first-order chi connectivity index (χ1) is 12.7. The van der Waals surface area contributed by atoms with Gasteiger partial charge >= 0.3 is 0 Å². The molecule has 0 amide bonds. The van der Waals surface area contributed by atoms with Crippen LogP contribution < -0.4 is 10.4 Å². The van der Waals surface area contributed by atoms with Gasteiger partial charge in [-0.25, -0.2) is 0 Å². The molecule has 0 saturated carbocycles. The third-order valence-electron chi connectivity index (χ3n) is 5.13. The second-order valence-corrected chi connectivity index (χ2v) is 11.1. The summed E-state index contributed by atoms with van der Waals surface area (Å²) in [5, 5.41) is 8.33. The third-order valence-corrected chi connectivity index (χ3v) is 9.37. The largest absolute Gasteiger partial charge is 0.103 e. The van der Waals surface area contributed by atoms with E-state index < -0.39 is 19.0 Å². The van der Waals surface area contributed by atoms with E-state index in [9.17, 15) is 0 Å². The normalized spacial score (nSPS) is 12.1. The van der Waals surface area contributed by atoms with Crippen LogP contribution in [0.5, 0.6) is 0 Å². The summed E-state index contributed by atoms with van der Waals surface area (Å²) in [6.07, 6.45) is 8.12. The van der Waals surface area contributed by atoms with E-state index in [1.54, 1.807) is 0 Å². The molecular weight excluding hydrogens is 344 g/mol. The SMILES string of the molecule is C=CC(C=C)[SiH2]c1ccc2cc3cccc([SiH2]C(C=C)C=C)c3cc2c1. The first-order valence-corrected chi connectivity index (χ1v) is 12.2. The summed E-state index contributed by atoms with van der Waals surface area (Å²) in [7, 11) is -0.901. The molecule has 0 fully saturated rings. The van der Waals surface area contributed by atoms with Crippen molar-refractivity contribution in [1.29, 1.82) is 0 Å². The van der Waals surface area contributed by atoms with E-state index >= 15 is 0 Å². The van der Waals surface area contributed by atoms with E-state index in [-0.39, 0.29) is 0 Å². The molecule has 0 aliphatic rings. The van der Waals surface area contributed by atoms with E-state index in [0.29, 0.717) is 11.1 Å². The molecule has 0 atom stereocenters. The van der Waals surface area contributed by atoms with Gasteiger partial charge in [0.1, 0.15) is 0 Å². The summed E-state index contributed by atoms with van der Waals surface area (Å²) in [5.74, 6) is 0. The molecule has 26 heavy (non-hydrogen) atoms. The van der Waals surface area contributed by atoms with Crippen molar-refractivity contribution in [2.45, 2.75) is 11.1 Å². The van der Waals surface area contributed by atoms with Gasteiger partial charge in [-0.3, -0.25) is 0 Å². The Morgan fingerprint density at radius 1 is 0.654 bits per heavy atom. The summed E-state index contributed by atoms with van der Waals surface area (Å²) in [6, 6.07) is 18.3. The Kier molecular flexibility index (Phi) is 5.87. The molecule has 0 N–H and O–H groups in total. The van der Waals surface area contributed by atoms with Gasteiger partial charge in [0.05, 0.1) is 19.0 Å². The van der Waals surface area contributed by atoms with Crippen LogP contribution in [0.3, 0.4) is 0 Å². The van der Waals surface area contributed by atoms with E-state index in [0.717, 1.165) is 0 Å². The minimum absolute atomic E-state index is 0.426. The first kappa shape index (κ1) is 18.4. The van der Waals surface area contributed by atoms with Crippen LogP contribution in [0.4, 0.5) is 0 Å². The lowest BCUT2D eigenvalue weighted by Gasteiger charge is -2.12. The highest BCUT2D eigenvalue weighted by atomic mass is 28.2. The Morgan fingerprint density at radius 2 is 1.35 bits per heavy atom. The topological polar surface area (TPSA) is 0 Å². The Hall–Kier alpha value is -2.43. The van der Waals surface area contributed by atoms with E-state index in [4.69, 9.17) is 0 Å². The van der Waals surface area contributed by atoms with Crippen molar-refractivity contribution < 1.29 is 0 Å². The average molecular weight is 371 g/mol. The molecule has 3 aromatic carbocycles. The van der Waals surface area contributed by atoms with Gasteiger partial charge in [-0.15, -0.1) is 26.3 Å². The van der Waals surface area contributed by atoms with Crippen LogP contribution in [0.2, 0.25) is 11.1 Å². The van der Waals surface area contributed by atoms with Gasteiger partial charge < -0.3 is 0 Å². The van der Waals surface area contributed by atoms with Crippen LogP contribution in [-0.2, 0) is 0 Å². The molecule has 0 aliphatic carbocycles. The second kappa shape index (κ2) is 8.30. The van der Waals surface area contributed by atoms with Crippen LogP contribution in [0, 0.1) is 0 Å². The van der Waals surface area contributed by atoms with Crippen molar-refractivity contribution >= 4 is 51.0 Å². The van der Waals surface area contributed by atoms with Gasteiger partial charge in [-0.1, -0.05) is 71.1 Å². The van der Waals surface area contributed by atoms with Crippen molar-refractivity contribution in [1.82, 2.24) is 0 Å². The molecule has 0 aliphatic heterocycles. The average Bonchev–Trinajstić information content (AvgIpc) is 2.68. The van der Waals surface area contributed by atoms with Gasteiger partial charge in [0.2, 0.25) is 0 Å². The van der Waals surface area contributed by atoms with Crippen molar-refractivity contribution in [3.05, 3.63) is 99.2 Å². The Labute approximate surface area is 161 Å². The monoisotopic (exact) mass is 370 g/mol. The zero-order valence-electron chi connectivity index (χ0n) is 15.3. The summed E-state index contributed by atoms with van der Waals surface area (Å²) in [4.78, 5) is 0. The molecule has 0 bridgehead atoms. The van der Waals surface area contributed by atoms with Crippen LogP contribution in [0.1, 0.15) is 0 Å². The molecule has 3 rings (SSSR count). The highest BCUT2D eigenvalue weighted by molar-refractivity contribution is 6.59. The van der Waals surface area contributed by atoms with E-state index in [2.05, 4.69) is 74.8 Å². The first-order valence-electron chi connectivity index (χ1n) is 9.13. The second-order valence-electron chi connectivity index (χ2n) is 6.85. The zero-order valence-corrected chi connectivity index (χ0v) is 18.2. The Morgan fingerprint density at radius 3 is 2.04 bits per heavy atom. The number of allylic oxidation sites excluding steroid dienone is 4. The summed E-state index contributed by atoms with van der Waals surface area (Å²) < 4.78 is 0. The molecule has 130 valence electrons. The molecule has 0 saturated heterocycles. The maximum Gasteiger partial charge on any atom is 0.0671 e. The molecular formula is C24H26Si2. The van der Waals surface area contributed by atoms with Crippen LogP contribution in [0.25, 0.3) is 21.5 Å². The quantitative estimate of drug-likeness (QED) is 0.320. The fraction of sp³-hybridized carbons (Fsp3) is 0.0833. The number of hydrogen-bond acceptors (Lipinski definition) is 0. The number of benzene rings is 3. The molecule has 0 heterocycles. The highest BCUT2D eigenvalue weighted by Gasteiger charge is 2.09. The zero-order chi connectivity index (χ0) is 18.5. The molecule has 0 spiro atoms. The fourth-order valence-electron chi connectivity index (χ4n) is 3.50. The molecule has 0 unspecified atom stereocenters. The minimum Gasteiger partial charge on any atom is -0.103 e. The van der Waals surface area contributed by atoms with Crippen molar-refractivity contribution in [3.63, 3.8) is 0 Å². The highest BCUT2D eigenvalue weighted by Crippen LogP contribution is 2.22. The van der Waals surface area contributed by atoms with Gasteiger partial charge in [-0.05, 0) is 44.8 Å². The summed E-state index contributed by atoms with van der Waals surface area (Å²) in [5.41, 5.74) is 0.896. The maximum absolute atomic E-state index is 3.97. The molecule has 2 heteroatoms. The number of hydrogen-bond donors (Lipinski definition) is 0. The summed E-state index contributed by atoms with van der Waals surface area (Å²) >= 11 is 0. The number of rotatable bonds is 8. The van der Waals surface area contributed by atoms with Crippen LogP contribution >= 0.6 is 0 Å². The minimum atomic E-state index is -0.475. The lowest BCUT2D eigenvalue weighted by atomic mass is 10.0. The van der Waals surface area contributed by atoms with Crippen LogP contribution in [0.15, 0.2) is 99.2 Å². The van der Waals surface area contributed by atoms with Gasteiger partial charge in [0.25, 0.3) is 0 Å². The fourth-order valence-corrected chi connectivity index (χ4v) is 6.60. The number of fused-ring (bicyclic) bond motifs is 2. The maximum atomic E-state index is 3.97. The smallest absolute Gasteiger partial charge is 0.0671 e. The van der Waals surface area contributed by atoms with Gasteiger partial charge in [0, 0.05) is 0 Å². The summed E-state index contributed by atoms with van der Waals surface area (Å²) in [6.45, 7) is 15.8. The molecule has 3 aromatic rings. The standard InChI is InChI=1S/C24H26Si2/c1-5-20(6-2)25-22-13-12-17-14-18-10-9-11-24(26-21(7-3)8-4)23(18)16-19(17)15-22/h5-16,20-21H,1-4,25-26H2. The predicted octanol–water partition coefficient (Wildman–Crippen LogP) is 3.90. The van der Waals surface area contributed by atoms with Crippen molar-refractivity contribution in [2.75, 3.05) is 0 Å². The lowest BCUT2D eigenvalue weighted by molar-refractivity contribution is 1.38. The Balaban J connectivity index is 2.07. The van der Waals surface area contributed by atoms with Crippen molar-refractivity contribution in [3.8, 4) is 0 Å². The third kappa shape index (κ3) is 3.87. The van der Waals surface area contributed by atoms with E-state index in [1.165, 1.54) is 31.9 Å². The van der Waals surface area contributed by atoms with Crippen molar-refractivity contribution in [2.24, 2.45) is 0 Å².